The third-order valence-electron chi connectivity index (χ3n) is 3.89. The van der Waals surface area contributed by atoms with Crippen LogP contribution < -0.4 is 16.0 Å². The highest BCUT2D eigenvalue weighted by Gasteiger charge is 2.35. The number of amides is 3. The van der Waals surface area contributed by atoms with Gasteiger partial charge in [-0.1, -0.05) is 46.9 Å². The van der Waals surface area contributed by atoms with E-state index in [0.29, 0.717) is 6.54 Å². The van der Waals surface area contributed by atoms with Gasteiger partial charge in [-0.15, -0.1) is 0 Å². The van der Waals surface area contributed by atoms with Crippen LogP contribution in [-0.4, -0.2) is 49.4 Å². The Morgan fingerprint density at radius 3 is 2.44 bits per heavy atom. The summed E-state index contributed by atoms with van der Waals surface area (Å²) in [6.07, 6.45) is 0.0945. The number of anilines is 2. The van der Waals surface area contributed by atoms with E-state index in [1.165, 1.54) is 12.6 Å². The van der Waals surface area contributed by atoms with Crippen LogP contribution >= 0.6 is 34.2 Å². The van der Waals surface area contributed by atoms with Crippen LogP contribution in [0.3, 0.4) is 0 Å². The van der Waals surface area contributed by atoms with E-state index in [1.54, 1.807) is 0 Å². The number of nitrogens with zero attached hydrogens (tertiary/aromatic N) is 4. The van der Waals surface area contributed by atoms with Gasteiger partial charge in [0.15, 0.2) is 6.17 Å². The maximum absolute atomic E-state index is 11.9. The third kappa shape index (κ3) is 4.95. The summed E-state index contributed by atoms with van der Waals surface area (Å²) in [6, 6.07) is 7.77. The van der Waals surface area contributed by atoms with Gasteiger partial charge in [0.25, 0.3) is 5.91 Å². The predicted octanol–water partition coefficient (Wildman–Crippen LogP) is 2.03. The second-order valence-electron chi connectivity index (χ2n) is 5.78. The quantitative estimate of drug-likeness (QED) is 0.302. The molecule has 3 rings (SSSR count). The van der Waals surface area contributed by atoms with Crippen molar-refractivity contribution in [2.24, 2.45) is 0 Å². The minimum Gasteiger partial charge on any atom is -0.350 e. The van der Waals surface area contributed by atoms with E-state index >= 15 is 0 Å². The molecule has 0 bridgehead atoms. The number of aromatic nitrogens is 3. The third-order valence-corrected chi connectivity index (χ3v) is 4.60. The smallest absolute Gasteiger partial charge is 0.325 e. The number of hydrogen-bond acceptors (Lipinski definition) is 7. The number of likely N-dealkylation sites (N-methyl/N-ethyl adjacent to an activating group) is 1. The molecule has 1 unspecified atom stereocenters. The molecule has 1 saturated heterocycles. The fraction of sp³-hybridized carbons (Fsp3) is 0.312. The Bertz CT molecular complexity index is 849. The molecule has 1 aromatic heterocycles. The van der Waals surface area contributed by atoms with E-state index in [0.717, 1.165) is 21.3 Å². The lowest BCUT2D eigenvalue weighted by atomic mass is 10.1. The Morgan fingerprint density at radius 1 is 1.15 bits per heavy atom. The molecule has 2 heterocycles. The molecule has 0 aliphatic carbocycles. The zero-order valence-electron chi connectivity index (χ0n) is 14.4. The molecular weight excluding hydrogens is 485 g/mol. The highest BCUT2D eigenvalue weighted by molar-refractivity contribution is 14.1. The van der Waals surface area contributed by atoms with Crippen LogP contribution in [0, 0.1) is 0 Å². The first-order chi connectivity index (χ1) is 13.0. The average Bonchev–Trinajstić information content (AvgIpc) is 2.88. The van der Waals surface area contributed by atoms with Crippen molar-refractivity contribution in [3.63, 3.8) is 0 Å². The number of alkyl halides is 1. The number of urea groups is 1. The number of carbonyl (C=O) groups is 2. The lowest BCUT2D eigenvalue weighted by Crippen LogP contribution is -2.37. The highest BCUT2D eigenvalue weighted by atomic mass is 127. The standard InChI is InChI=1S/C16H17ClIN7O2/c1-25-12(26)11(21-16(25)27)20-15-23-13(17)22-14(24-15)19-8-10-4-2-9(3-5-10)6-7-18/h2-5,11H,6-8H2,1H3,(H,21,27)(H2,19,20,22,23,24). The molecule has 3 N–H and O–H groups in total. The summed E-state index contributed by atoms with van der Waals surface area (Å²) in [5.74, 6) is -0.0829. The van der Waals surface area contributed by atoms with Crippen molar-refractivity contribution < 1.29 is 9.59 Å². The Hall–Kier alpha value is -2.21. The maximum Gasteiger partial charge on any atom is 0.325 e. The molecule has 1 aliphatic heterocycles. The molecule has 27 heavy (non-hydrogen) atoms. The van der Waals surface area contributed by atoms with Crippen molar-refractivity contribution in [2.75, 3.05) is 22.1 Å². The SMILES string of the molecule is CN1C(=O)NC(Nc2nc(Cl)nc(NCc3ccc(CCI)cc3)n2)C1=O. The van der Waals surface area contributed by atoms with Crippen molar-refractivity contribution in [3.05, 3.63) is 40.7 Å². The lowest BCUT2D eigenvalue weighted by molar-refractivity contribution is -0.125. The topological polar surface area (TPSA) is 112 Å². The van der Waals surface area contributed by atoms with Crippen molar-refractivity contribution in [1.29, 1.82) is 0 Å². The minimum absolute atomic E-state index is 0.0301. The highest BCUT2D eigenvalue weighted by Crippen LogP contribution is 2.14. The van der Waals surface area contributed by atoms with Crippen molar-refractivity contribution in [1.82, 2.24) is 25.2 Å². The van der Waals surface area contributed by atoms with E-state index in [2.05, 4.69) is 65.6 Å². The Labute approximate surface area is 174 Å². The van der Waals surface area contributed by atoms with E-state index in [-0.39, 0.29) is 17.2 Å². The summed E-state index contributed by atoms with van der Waals surface area (Å²) in [5.41, 5.74) is 2.36. The number of halogens is 2. The number of rotatable bonds is 7. The number of carbonyl (C=O) groups excluding carboxylic acids is 2. The van der Waals surface area contributed by atoms with Gasteiger partial charge in [-0.05, 0) is 29.1 Å². The first-order valence-corrected chi connectivity index (χ1v) is 10.0. The van der Waals surface area contributed by atoms with E-state index < -0.39 is 18.1 Å². The second kappa shape index (κ2) is 8.65. The van der Waals surface area contributed by atoms with Gasteiger partial charge in [0.05, 0.1) is 0 Å². The summed E-state index contributed by atoms with van der Waals surface area (Å²) in [7, 11) is 1.39. The molecule has 1 aliphatic rings. The van der Waals surface area contributed by atoms with Gasteiger partial charge in [0, 0.05) is 18.0 Å². The first-order valence-electron chi connectivity index (χ1n) is 8.10. The summed E-state index contributed by atoms with van der Waals surface area (Å²) >= 11 is 8.29. The zero-order chi connectivity index (χ0) is 19.4. The molecule has 1 fully saturated rings. The van der Waals surface area contributed by atoms with Crippen LogP contribution in [0.25, 0.3) is 0 Å². The summed E-state index contributed by atoms with van der Waals surface area (Å²) in [4.78, 5) is 36.6. The molecule has 2 aromatic rings. The molecule has 0 saturated carbocycles. The summed E-state index contributed by atoms with van der Waals surface area (Å²) in [6.45, 7) is 0.506. The van der Waals surface area contributed by atoms with Crippen LogP contribution in [0.1, 0.15) is 11.1 Å². The van der Waals surface area contributed by atoms with Gasteiger partial charge in [-0.25, -0.2) is 4.79 Å². The number of nitrogens with one attached hydrogen (secondary N) is 3. The van der Waals surface area contributed by atoms with E-state index in [4.69, 9.17) is 11.6 Å². The average molecular weight is 502 g/mol. The first kappa shape index (κ1) is 19.5. The van der Waals surface area contributed by atoms with Crippen molar-refractivity contribution in [2.45, 2.75) is 19.1 Å². The van der Waals surface area contributed by atoms with Gasteiger partial charge in [-0.2, -0.15) is 15.0 Å². The molecule has 142 valence electrons. The fourth-order valence-corrected chi connectivity index (χ4v) is 3.19. The Morgan fingerprint density at radius 2 is 1.81 bits per heavy atom. The van der Waals surface area contributed by atoms with Gasteiger partial charge in [0.1, 0.15) is 0 Å². The monoisotopic (exact) mass is 501 g/mol. The summed E-state index contributed by atoms with van der Waals surface area (Å²) in [5, 5.41) is 8.26. The van der Waals surface area contributed by atoms with Crippen LogP contribution in [-0.2, 0) is 17.8 Å². The number of hydrogen-bond donors (Lipinski definition) is 3. The zero-order valence-corrected chi connectivity index (χ0v) is 17.3. The van der Waals surface area contributed by atoms with Crippen molar-refractivity contribution >= 4 is 58.0 Å². The van der Waals surface area contributed by atoms with Crippen LogP contribution in [0.4, 0.5) is 16.7 Å². The van der Waals surface area contributed by atoms with Gasteiger partial charge >= 0.3 is 6.03 Å². The Kier molecular flexibility index (Phi) is 6.26. The number of aryl methyl sites for hydroxylation is 1. The molecule has 9 nitrogen and oxygen atoms in total. The molecule has 0 spiro atoms. The van der Waals surface area contributed by atoms with Gasteiger partial charge < -0.3 is 16.0 Å². The molecule has 3 amide bonds. The fourth-order valence-electron chi connectivity index (χ4n) is 2.41. The van der Waals surface area contributed by atoms with Crippen molar-refractivity contribution in [3.8, 4) is 0 Å². The minimum atomic E-state index is -0.945. The number of benzene rings is 1. The normalized spacial score (nSPS) is 16.4. The predicted molar refractivity (Wildman–Crippen MR) is 110 cm³/mol. The van der Waals surface area contributed by atoms with Crippen LogP contribution in [0.5, 0.6) is 0 Å². The van der Waals surface area contributed by atoms with Gasteiger partial charge in [0.2, 0.25) is 17.2 Å². The molecule has 0 radical (unpaired) electrons. The molecular formula is C16H17ClIN7O2. The lowest BCUT2D eigenvalue weighted by Gasteiger charge is -2.12. The summed E-state index contributed by atoms with van der Waals surface area (Å²) < 4.78 is 1.08. The van der Waals surface area contributed by atoms with E-state index in [9.17, 15) is 9.59 Å². The largest absolute Gasteiger partial charge is 0.350 e. The number of imide groups is 1. The van der Waals surface area contributed by atoms with Gasteiger partial charge in [-0.3, -0.25) is 9.69 Å². The maximum atomic E-state index is 11.9. The second-order valence-corrected chi connectivity index (χ2v) is 7.20. The van der Waals surface area contributed by atoms with Crippen LogP contribution in [0.2, 0.25) is 5.28 Å². The molecule has 11 heteroatoms. The van der Waals surface area contributed by atoms with Crippen LogP contribution in [0.15, 0.2) is 24.3 Å². The van der Waals surface area contributed by atoms with E-state index in [1.807, 2.05) is 12.1 Å². The molecule has 1 aromatic carbocycles. The Balaban J connectivity index is 1.65. The molecule has 1 atom stereocenters.